The Morgan fingerprint density at radius 3 is 3.12 bits per heavy atom. The van der Waals surface area contributed by atoms with E-state index in [1.807, 2.05) is 18.5 Å². The third-order valence-corrected chi connectivity index (χ3v) is 5.10. The van der Waals surface area contributed by atoms with E-state index in [4.69, 9.17) is 0 Å². The molecule has 1 saturated carbocycles. The Labute approximate surface area is 150 Å². The van der Waals surface area contributed by atoms with Gasteiger partial charge in [0.25, 0.3) is 0 Å². The van der Waals surface area contributed by atoms with Gasteiger partial charge in [0, 0.05) is 37.1 Å². The maximum atomic E-state index is 12.1. The van der Waals surface area contributed by atoms with Gasteiger partial charge in [0.15, 0.2) is 0 Å². The number of rotatable bonds is 9. The van der Waals surface area contributed by atoms with Gasteiger partial charge in [-0.2, -0.15) is 0 Å². The van der Waals surface area contributed by atoms with E-state index < -0.39 is 0 Å². The van der Waals surface area contributed by atoms with Crippen molar-refractivity contribution >= 4 is 12.1 Å². The number of nitrogens with zero attached hydrogens (tertiary/aromatic N) is 3. The average Bonchev–Trinajstić information content (AvgIpc) is 3.35. The van der Waals surface area contributed by atoms with Crippen molar-refractivity contribution in [2.75, 3.05) is 19.6 Å². The van der Waals surface area contributed by atoms with Gasteiger partial charge in [-0.25, -0.2) is 0 Å². The summed E-state index contributed by atoms with van der Waals surface area (Å²) in [6.07, 6.45) is 10.9. The van der Waals surface area contributed by atoms with E-state index in [1.165, 1.54) is 32.2 Å². The first-order valence-corrected chi connectivity index (χ1v) is 9.73. The van der Waals surface area contributed by atoms with Crippen LogP contribution >= 0.6 is 0 Å². The molecule has 1 aromatic heterocycles. The maximum Gasteiger partial charge on any atom is 0.220 e. The molecule has 2 aliphatic rings. The smallest absolute Gasteiger partial charge is 0.220 e. The minimum atomic E-state index is 0.161. The van der Waals surface area contributed by atoms with Crippen molar-refractivity contribution in [1.29, 1.82) is 0 Å². The second-order valence-corrected chi connectivity index (χ2v) is 7.17. The molecule has 1 unspecified atom stereocenters. The van der Waals surface area contributed by atoms with Crippen LogP contribution in [0.1, 0.15) is 56.7 Å². The average molecular weight is 342 g/mol. The topological polar surface area (TPSA) is 57.6 Å². The van der Waals surface area contributed by atoms with Crippen LogP contribution in [0.4, 0.5) is 0 Å². The van der Waals surface area contributed by atoms with Gasteiger partial charge in [-0.05, 0) is 69.3 Å². The zero-order chi connectivity index (χ0) is 17.5. The summed E-state index contributed by atoms with van der Waals surface area (Å²) in [6.45, 7) is 5.23. The summed E-state index contributed by atoms with van der Waals surface area (Å²) in [5.41, 5.74) is 2.16. The number of carbonyl (C=O) groups is 1. The molecular formula is C20H30N4O. The van der Waals surface area contributed by atoms with Gasteiger partial charge in [0.2, 0.25) is 5.91 Å². The second kappa shape index (κ2) is 9.09. The first kappa shape index (κ1) is 18.1. The Hall–Kier alpha value is -1.75. The van der Waals surface area contributed by atoms with E-state index in [-0.39, 0.29) is 5.91 Å². The third-order valence-electron chi connectivity index (χ3n) is 5.10. The number of hydrogen-bond donors (Lipinski definition) is 1. The highest BCUT2D eigenvalue weighted by molar-refractivity contribution is 5.79. The summed E-state index contributed by atoms with van der Waals surface area (Å²) < 4.78 is 0. The van der Waals surface area contributed by atoms with Gasteiger partial charge in [-0.3, -0.25) is 19.7 Å². The number of aliphatic imine (C=N–C) groups is 1. The van der Waals surface area contributed by atoms with Crippen LogP contribution in [0.5, 0.6) is 0 Å². The zero-order valence-electron chi connectivity index (χ0n) is 15.3. The van der Waals surface area contributed by atoms with Gasteiger partial charge in [-0.1, -0.05) is 6.92 Å². The summed E-state index contributed by atoms with van der Waals surface area (Å²) in [7, 11) is 0. The molecule has 1 aliphatic heterocycles. The summed E-state index contributed by atoms with van der Waals surface area (Å²) in [5, 5.41) is 3.10. The number of nitrogens with one attached hydrogen (secondary N) is 1. The van der Waals surface area contributed by atoms with Gasteiger partial charge in [0.1, 0.15) is 0 Å². The summed E-state index contributed by atoms with van der Waals surface area (Å²) >= 11 is 0. The SMILES string of the molecule is CCN1CCCC1CNC(=O)CCCc1cc(C=NC2CC2)ccn1. The summed E-state index contributed by atoms with van der Waals surface area (Å²) in [4.78, 5) is 23.4. The molecular weight excluding hydrogens is 312 g/mol. The molecule has 1 aliphatic carbocycles. The first-order chi connectivity index (χ1) is 12.2. The molecule has 2 fully saturated rings. The Morgan fingerprint density at radius 2 is 2.32 bits per heavy atom. The normalized spacial score (nSPS) is 21.1. The first-order valence-electron chi connectivity index (χ1n) is 9.73. The van der Waals surface area contributed by atoms with Crippen LogP contribution in [0.3, 0.4) is 0 Å². The minimum absolute atomic E-state index is 0.161. The number of likely N-dealkylation sites (N-methyl/N-ethyl adjacent to an activating group) is 1. The van der Waals surface area contributed by atoms with Crippen molar-refractivity contribution in [2.24, 2.45) is 4.99 Å². The lowest BCUT2D eigenvalue weighted by atomic mass is 10.1. The van der Waals surface area contributed by atoms with Crippen molar-refractivity contribution in [1.82, 2.24) is 15.2 Å². The molecule has 25 heavy (non-hydrogen) atoms. The van der Waals surface area contributed by atoms with Gasteiger partial charge in [-0.15, -0.1) is 0 Å². The molecule has 0 spiro atoms. The van der Waals surface area contributed by atoms with E-state index in [0.29, 0.717) is 18.5 Å². The number of amides is 1. The molecule has 2 heterocycles. The monoisotopic (exact) mass is 342 g/mol. The van der Waals surface area contributed by atoms with Gasteiger partial charge >= 0.3 is 0 Å². The quantitative estimate of drug-likeness (QED) is 0.702. The fourth-order valence-electron chi connectivity index (χ4n) is 3.42. The molecule has 1 amide bonds. The largest absolute Gasteiger partial charge is 0.355 e. The molecule has 5 heteroatoms. The standard InChI is InChI=1S/C20H30N4O/c1-2-24-12-4-6-19(24)15-23-20(25)7-3-5-18-13-16(10-11-21-18)14-22-17-8-9-17/h10-11,13-14,17,19H,2-9,12,15H2,1H3,(H,23,25). The lowest BCUT2D eigenvalue weighted by Crippen LogP contribution is -2.39. The third kappa shape index (κ3) is 5.92. The minimum Gasteiger partial charge on any atom is -0.355 e. The fourth-order valence-corrected chi connectivity index (χ4v) is 3.42. The van der Waals surface area contributed by atoms with Gasteiger partial charge < -0.3 is 5.32 Å². The number of likely N-dealkylation sites (tertiary alicyclic amines) is 1. The van der Waals surface area contributed by atoms with Crippen LogP contribution in [0.25, 0.3) is 0 Å². The fraction of sp³-hybridized carbons (Fsp3) is 0.650. The summed E-state index contributed by atoms with van der Waals surface area (Å²) in [5.74, 6) is 0.161. The van der Waals surface area contributed by atoms with E-state index in [9.17, 15) is 4.79 Å². The Kier molecular flexibility index (Phi) is 6.56. The molecule has 136 valence electrons. The van der Waals surface area contributed by atoms with Crippen LogP contribution in [-0.2, 0) is 11.2 Å². The Morgan fingerprint density at radius 1 is 1.44 bits per heavy atom. The summed E-state index contributed by atoms with van der Waals surface area (Å²) in [6, 6.07) is 5.15. The number of aromatic nitrogens is 1. The number of carbonyl (C=O) groups excluding carboxylic acids is 1. The van der Waals surface area contributed by atoms with Crippen molar-refractivity contribution in [3.05, 3.63) is 29.6 Å². The van der Waals surface area contributed by atoms with Crippen molar-refractivity contribution in [3.8, 4) is 0 Å². The Bertz CT molecular complexity index is 597. The van der Waals surface area contributed by atoms with Crippen molar-refractivity contribution in [3.63, 3.8) is 0 Å². The molecule has 0 bridgehead atoms. The van der Waals surface area contributed by atoms with E-state index in [1.54, 1.807) is 0 Å². The van der Waals surface area contributed by atoms with Crippen molar-refractivity contribution in [2.45, 2.75) is 64.0 Å². The number of pyridine rings is 1. The molecule has 1 saturated heterocycles. The predicted molar refractivity (Wildman–Crippen MR) is 101 cm³/mol. The highest BCUT2D eigenvalue weighted by atomic mass is 16.1. The molecule has 1 aromatic rings. The van der Waals surface area contributed by atoms with Crippen LogP contribution < -0.4 is 5.32 Å². The van der Waals surface area contributed by atoms with E-state index >= 15 is 0 Å². The lowest BCUT2D eigenvalue weighted by Gasteiger charge is -2.22. The molecule has 3 rings (SSSR count). The van der Waals surface area contributed by atoms with Gasteiger partial charge in [0.05, 0.1) is 6.04 Å². The predicted octanol–water partition coefficient (Wildman–Crippen LogP) is 2.59. The molecule has 0 aromatic carbocycles. The zero-order valence-corrected chi connectivity index (χ0v) is 15.3. The molecule has 0 radical (unpaired) electrons. The number of aryl methyl sites for hydroxylation is 1. The maximum absolute atomic E-state index is 12.1. The lowest BCUT2D eigenvalue weighted by molar-refractivity contribution is -0.121. The second-order valence-electron chi connectivity index (χ2n) is 7.17. The van der Waals surface area contributed by atoms with Crippen LogP contribution in [0.15, 0.2) is 23.3 Å². The molecule has 5 nitrogen and oxygen atoms in total. The van der Waals surface area contributed by atoms with Crippen LogP contribution in [0.2, 0.25) is 0 Å². The van der Waals surface area contributed by atoms with Crippen LogP contribution in [-0.4, -0.2) is 53.7 Å². The highest BCUT2D eigenvalue weighted by Gasteiger charge is 2.23. The van der Waals surface area contributed by atoms with E-state index in [2.05, 4.69) is 33.2 Å². The van der Waals surface area contributed by atoms with Crippen molar-refractivity contribution < 1.29 is 4.79 Å². The highest BCUT2D eigenvalue weighted by Crippen LogP contribution is 2.23. The molecule has 1 N–H and O–H groups in total. The Balaban J connectivity index is 1.35. The van der Waals surface area contributed by atoms with E-state index in [0.717, 1.165) is 37.2 Å². The number of hydrogen-bond acceptors (Lipinski definition) is 4. The molecule has 1 atom stereocenters. The van der Waals surface area contributed by atoms with Crippen LogP contribution in [0, 0.1) is 0 Å².